The first-order valence-electron chi connectivity index (χ1n) is 10.2. The van der Waals surface area contributed by atoms with E-state index in [0.29, 0.717) is 26.6 Å². The quantitative estimate of drug-likeness (QED) is 0.319. The second-order valence-electron chi connectivity index (χ2n) is 7.35. The van der Waals surface area contributed by atoms with E-state index in [1.165, 1.54) is 25.3 Å². The molecule has 0 bridgehead atoms. The number of imide groups is 2. The molecule has 3 aromatic rings. The van der Waals surface area contributed by atoms with Gasteiger partial charge in [-0.25, -0.2) is 14.1 Å². The molecule has 1 aliphatic rings. The summed E-state index contributed by atoms with van der Waals surface area (Å²) in [5, 5.41) is 2.69. The van der Waals surface area contributed by atoms with Gasteiger partial charge in [0.2, 0.25) is 0 Å². The standard InChI is InChI=1S/C25H17BrClFN2O5/c1-34-21-12-14(11-19(26)22(21)35-13-15-4-2-3-5-20(15)27)10-18-23(31)29-25(33)30(24(18)32)17-8-6-16(28)7-9-17/h2-12H,13H2,1H3,(H,29,31,33)/b18-10-. The number of halogens is 3. The summed E-state index contributed by atoms with van der Waals surface area (Å²) >= 11 is 9.63. The first kappa shape index (κ1) is 24.4. The van der Waals surface area contributed by atoms with Crippen molar-refractivity contribution < 1.29 is 28.2 Å². The highest BCUT2D eigenvalue weighted by Crippen LogP contribution is 2.38. The van der Waals surface area contributed by atoms with E-state index in [-0.39, 0.29) is 17.9 Å². The molecule has 1 heterocycles. The fourth-order valence-corrected chi connectivity index (χ4v) is 4.14. The highest BCUT2D eigenvalue weighted by molar-refractivity contribution is 9.10. The first-order chi connectivity index (χ1) is 16.8. The molecule has 0 unspecified atom stereocenters. The van der Waals surface area contributed by atoms with Crippen LogP contribution in [-0.4, -0.2) is 25.0 Å². The van der Waals surface area contributed by atoms with Crippen LogP contribution in [0.2, 0.25) is 5.02 Å². The smallest absolute Gasteiger partial charge is 0.335 e. The number of ether oxygens (including phenoxy) is 2. The highest BCUT2D eigenvalue weighted by Gasteiger charge is 2.36. The molecule has 1 aliphatic heterocycles. The summed E-state index contributed by atoms with van der Waals surface area (Å²) in [6.07, 6.45) is 1.33. The zero-order valence-electron chi connectivity index (χ0n) is 18.2. The summed E-state index contributed by atoms with van der Waals surface area (Å²) in [6, 6.07) is 14.3. The van der Waals surface area contributed by atoms with Gasteiger partial charge in [0, 0.05) is 10.6 Å². The number of nitrogens with one attached hydrogen (secondary N) is 1. The van der Waals surface area contributed by atoms with Gasteiger partial charge in [0.25, 0.3) is 11.8 Å². The minimum absolute atomic E-state index is 0.120. The zero-order chi connectivity index (χ0) is 25.1. The number of urea groups is 1. The van der Waals surface area contributed by atoms with Crippen LogP contribution in [0.5, 0.6) is 11.5 Å². The Morgan fingerprint density at radius 2 is 1.80 bits per heavy atom. The summed E-state index contributed by atoms with van der Waals surface area (Å²) in [7, 11) is 1.45. The van der Waals surface area contributed by atoms with Gasteiger partial charge in [0.15, 0.2) is 11.5 Å². The van der Waals surface area contributed by atoms with Crippen LogP contribution < -0.4 is 19.7 Å². The van der Waals surface area contributed by atoms with Gasteiger partial charge in [-0.3, -0.25) is 14.9 Å². The van der Waals surface area contributed by atoms with Crippen molar-refractivity contribution in [1.29, 1.82) is 0 Å². The molecular formula is C25H17BrClFN2O5. The molecule has 35 heavy (non-hydrogen) atoms. The number of hydrogen-bond acceptors (Lipinski definition) is 5. The van der Waals surface area contributed by atoms with Crippen molar-refractivity contribution in [1.82, 2.24) is 5.32 Å². The monoisotopic (exact) mass is 558 g/mol. The lowest BCUT2D eigenvalue weighted by atomic mass is 10.1. The molecule has 4 rings (SSSR count). The number of carbonyl (C=O) groups is 3. The van der Waals surface area contributed by atoms with Crippen LogP contribution in [0.25, 0.3) is 6.08 Å². The van der Waals surface area contributed by atoms with Crippen LogP contribution in [0.4, 0.5) is 14.9 Å². The summed E-state index contributed by atoms with van der Waals surface area (Å²) in [5.41, 5.74) is 1.05. The molecule has 7 nitrogen and oxygen atoms in total. The topological polar surface area (TPSA) is 84.9 Å². The fraction of sp³-hybridized carbons (Fsp3) is 0.0800. The molecule has 1 saturated heterocycles. The largest absolute Gasteiger partial charge is 0.493 e. The SMILES string of the molecule is COc1cc(/C=C2/C(=O)NC(=O)N(c3ccc(F)cc3)C2=O)cc(Br)c1OCc1ccccc1Cl. The van der Waals surface area contributed by atoms with Gasteiger partial charge >= 0.3 is 6.03 Å². The van der Waals surface area contributed by atoms with Gasteiger partial charge in [-0.05, 0) is 70.0 Å². The number of anilines is 1. The lowest BCUT2D eigenvalue weighted by Gasteiger charge is -2.26. The second kappa shape index (κ2) is 10.3. The van der Waals surface area contributed by atoms with Gasteiger partial charge < -0.3 is 9.47 Å². The molecule has 0 saturated carbocycles. The lowest BCUT2D eigenvalue weighted by molar-refractivity contribution is -0.122. The number of amides is 4. The lowest BCUT2D eigenvalue weighted by Crippen LogP contribution is -2.54. The number of carbonyl (C=O) groups excluding carboxylic acids is 3. The van der Waals surface area contributed by atoms with Gasteiger partial charge in [-0.15, -0.1) is 0 Å². The van der Waals surface area contributed by atoms with Crippen molar-refractivity contribution in [2.75, 3.05) is 12.0 Å². The van der Waals surface area contributed by atoms with E-state index in [9.17, 15) is 18.8 Å². The predicted octanol–water partition coefficient (Wildman–Crippen LogP) is 5.50. The van der Waals surface area contributed by atoms with Crippen molar-refractivity contribution in [2.45, 2.75) is 6.61 Å². The average molecular weight is 560 g/mol. The molecule has 0 aromatic heterocycles. The van der Waals surface area contributed by atoms with Crippen LogP contribution in [0.3, 0.4) is 0 Å². The highest BCUT2D eigenvalue weighted by atomic mass is 79.9. The summed E-state index contributed by atoms with van der Waals surface area (Å²) in [5.74, 6) is -1.49. The Kier molecular flexibility index (Phi) is 7.18. The summed E-state index contributed by atoms with van der Waals surface area (Å²) < 4.78 is 25.1. The van der Waals surface area contributed by atoms with Crippen molar-refractivity contribution in [2.24, 2.45) is 0 Å². The van der Waals surface area contributed by atoms with Crippen molar-refractivity contribution in [3.63, 3.8) is 0 Å². The third kappa shape index (κ3) is 5.21. The van der Waals surface area contributed by atoms with Crippen LogP contribution in [0.15, 0.2) is 70.7 Å². The molecular weight excluding hydrogens is 543 g/mol. The molecule has 0 aliphatic carbocycles. The summed E-state index contributed by atoms with van der Waals surface area (Å²) in [6.45, 7) is 0.185. The van der Waals surface area contributed by atoms with Crippen LogP contribution in [-0.2, 0) is 16.2 Å². The maximum atomic E-state index is 13.3. The zero-order valence-corrected chi connectivity index (χ0v) is 20.5. The van der Waals surface area contributed by atoms with E-state index in [1.807, 2.05) is 18.2 Å². The third-order valence-electron chi connectivity index (χ3n) is 5.08. The maximum Gasteiger partial charge on any atom is 0.335 e. The Balaban J connectivity index is 1.64. The Morgan fingerprint density at radius 3 is 2.49 bits per heavy atom. The Labute approximate surface area is 213 Å². The van der Waals surface area contributed by atoms with E-state index < -0.39 is 23.7 Å². The predicted molar refractivity (Wildman–Crippen MR) is 132 cm³/mol. The van der Waals surface area contributed by atoms with Crippen molar-refractivity contribution >= 4 is 57.1 Å². The Hall–Kier alpha value is -3.69. The van der Waals surface area contributed by atoms with Gasteiger partial charge in [-0.1, -0.05) is 29.8 Å². The number of benzene rings is 3. The molecule has 0 radical (unpaired) electrons. The number of hydrogen-bond donors (Lipinski definition) is 1. The molecule has 0 spiro atoms. The Morgan fingerprint density at radius 1 is 1.09 bits per heavy atom. The minimum atomic E-state index is -0.925. The van der Waals surface area contributed by atoms with Gasteiger partial charge in [-0.2, -0.15) is 0 Å². The van der Waals surface area contributed by atoms with E-state index in [0.717, 1.165) is 22.6 Å². The van der Waals surface area contributed by atoms with Crippen LogP contribution in [0.1, 0.15) is 11.1 Å². The fourth-order valence-electron chi connectivity index (χ4n) is 3.38. The molecule has 10 heteroatoms. The molecule has 3 aromatic carbocycles. The number of barbiturate groups is 1. The normalized spacial score (nSPS) is 14.8. The molecule has 0 atom stereocenters. The summed E-state index contributed by atoms with van der Waals surface area (Å²) in [4.78, 5) is 38.6. The van der Waals surface area contributed by atoms with E-state index in [2.05, 4.69) is 21.2 Å². The molecule has 178 valence electrons. The van der Waals surface area contributed by atoms with E-state index in [1.54, 1.807) is 18.2 Å². The van der Waals surface area contributed by atoms with Gasteiger partial charge in [0.1, 0.15) is 18.0 Å². The Bertz CT molecular complexity index is 1360. The van der Waals surface area contributed by atoms with Gasteiger partial charge in [0.05, 0.1) is 17.3 Å². The van der Waals surface area contributed by atoms with Crippen LogP contribution >= 0.6 is 27.5 Å². The maximum absolute atomic E-state index is 13.3. The van der Waals surface area contributed by atoms with Crippen LogP contribution in [0, 0.1) is 5.82 Å². The number of nitrogens with zero attached hydrogens (tertiary/aromatic N) is 1. The number of methoxy groups -OCH3 is 1. The van der Waals surface area contributed by atoms with E-state index >= 15 is 0 Å². The van der Waals surface area contributed by atoms with Crippen molar-refractivity contribution in [3.05, 3.63) is 92.7 Å². The van der Waals surface area contributed by atoms with Crippen molar-refractivity contribution in [3.8, 4) is 11.5 Å². The average Bonchev–Trinajstić information content (AvgIpc) is 2.83. The molecule has 1 N–H and O–H groups in total. The van der Waals surface area contributed by atoms with E-state index in [4.69, 9.17) is 21.1 Å². The second-order valence-corrected chi connectivity index (χ2v) is 8.61. The first-order valence-corrected chi connectivity index (χ1v) is 11.4. The molecule has 4 amide bonds. The third-order valence-corrected chi connectivity index (χ3v) is 6.04. The molecule has 1 fully saturated rings. The number of rotatable bonds is 6. The minimum Gasteiger partial charge on any atom is -0.493 e.